The fourth-order valence-corrected chi connectivity index (χ4v) is 1.13. The van der Waals surface area contributed by atoms with E-state index < -0.39 is 0 Å². The molecule has 0 N–H and O–H groups in total. The molecule has 0 saturated heterocycles. The van der Waals surface area contributed by atoms with Gasteiger partial charge >= 0.3 is 5.97 Å². The molecule has 0 spiro atoms. The van der Waals surface area contributed by atoms with Gasteiger partial charge in [0.25, 0.3) is 0 Å². The monoisotopic (exact) mass is 167 g/mol. The zero-order chi connectivity index (χ0) is 8.81. The highest BCUT2D eigenvalue weighted by atomic mass is 16.5. The van der Waals surface area contributed by atoms with Crippen molar-refractivity contribution in [2.75, 3.05) is 13.2 Å². The maximum absolute atomic E-state index is 10.6. The van der Waals surface area contributed by atoms with Gasteiger partial charge in [0.05, 0.1) is 6.61 Å². The molecule has 1 aliphatic heterocycles. The summed E-state index contributed by atoms with van der Waals surface area (Å²) < 4.78 is 4.82. The van der Waals surface area contributed by atoms with Crippen LogP contribution in [0.5, 0.6) is 0 Å². The average molecular weight is 167 g/mol. The van der Waals surface area contributed by atoms with Crippen LogP contribution >= 0.6 is 0 Å². The Morgan fingerprint density at radius 1 is 1.75 bits per heavy atom. The number of aliphatic imine (C=N–C) groups is 1. The quantitative estimate of drug-likeness (QED) is 0.468. The molecule has 12 heavy (non-hydrogen) atoms. The highest BCUT2D eigenvalue weighted by molar-refractivity contribution is 5.86. The lowest BCUT2D eigenvalue weighted by atomic mass is 10.2. The molecule has 0 amide bonds. The van der Waals surface area contributed by atoms with Crippen LogP contribution in [-0.4, -0.2) is 24.8 Å². The van der Waals surface area contributed by atoms with E-state index in [1.54, 1.807) is 0 Å². The summed E-state index contributed by atoms with van der Waals surface area (Å²) in [5.41, 5.74) is 1.17. The molecule has 0 atom stereocenters. The van der Waals surface area contributed by atoms with Crippen LogP contribution in [0.15, 0.2) is 17.6 Å². The van der Waals surface area contributed by atoms with E-state index in [1.165, 1.54) is 11.8 Å². The van der Waals surface area contributed by atoms with E-state index in [0.717, 1.165) is 25.8 Å². The normalized spacial score (nSPS) is 15.5. The summed E-state index contributed by atoms with van der Waals surface area (Å²) in [7, 11) is 0. The van der Waals surface area contributed by atoms with Crippen molar-refractivity contribution >= 4 is 11.7 Å². The van der Waals surface area contributed by atoms with Crippen LogP contribution < -0.4 is 0 Å². The minimum absolute atomic E-state index is 0.353. The second kappa shape index (κ2) is 4.70. The first-order chi connectivity index (χ1) is 5.83. The summed E-state index contributed by atoms with van der Waals surface area (Å²) in [5, 5.41) is 0. The molecule has 0 unspecified atom stereocenters. The van der Waals surface area contributed by atoms with Gasteiger partial charge in [-0.3, -0.25) is 4.99 Å². The van der Waals surface area contributed by atoms with Crippen molar-refractivity contribution in [3.63, 3.8) is 0 Å². The van der Waals surface area contributed by atoms with Crippen molar-refractivity contribution in [1.29, 1.82) is 0 Å². The van der Waals surface area contributed by atoms with Crippen molar-refractivity contribution in [1.82, 2.24) is 0 Å². The largest absolute Gasteiger partial charge is 0.462 e. The molecular weight excluding hydrogens is 154 g/mol. The Labute approximate surface area is 72.1 Å². The smallest absolute Gasteiger partial charge is 0.330 e. The number of carbonyl (C=O) groups is 1. The summed E-state index contributed by atoms with van der Waals surface area (Å²) >= 11 is 0. The maximum atomic E-state index is 10.6. The first-order valence-corrected chi connectivity index (χ1v) is 4.14. The van der Waals surface area contributed by atoms with Crippen LogP contribution in [0.3, 0.4) is 0 Å². The Morgan fingerprint density at radius 2 is 2.58 bits per heavy atom. The lowest BCUT2D eigenvalue weighted by Crippen LogP contribution is -2.05. The van der Waals surface area contributed by atoms with Gasteiger partial charge < -0.3 is 4.74 Å². The molecular formula is C9H13NO2. The molecule has 1 aliphatic rings. The van der Waals surface area contributed by atoms with Gasteiger partial charge in [-0.2, -0.15) is 0 Å². The van der Waals surface area contributed by atoms with E-state index >= 15 is 0 Å². The molecule has 0 bridgehead atoms. The first-order valence-electron chi connectivity index (χ1n) is 4.14. The number of nitrogens with zero attached hydrogens (tertiary/aromatic N) is 1. The van der Waals surface area contributed by atoms with Gasteiger partial charge in [-0.15, -0.1) is 0 Å². The van der Waals surface area contributed by atoms with Gasteiger partial charge in [0.1, 0.15) is 0 Å². The molecule has 1 heterocycles. The molecule has 1 rings (SSSR count). The zero-order valence-electron chi connectivity index (χ0n) is 7.08. The first kappa shape index (κ1) is 8.97. The molecule has 0 aliphatic carbocycles. The molecule has 0 aromatic carbocycles. The van der Waals surface area contributed by atoms with Gasteiger partial charge in [-0.1, -0.05) is 6.58 Å². The predicted octanol–water partition coefficient (Wildman–Crippen LogP) is 1.34. The van der Waals surface area contributed by atoms with Gasteiger partial charge in [0, 0.05) is 24.8 Å². The lowest BCUT2D eigenvalue weighted by molar-refractivity contribution is -0.137. The molecule has 0 radical (unpaired) electrons. The van der Waals surface area contributed by atoms with Crippen LogP contribution in [-0.2, 0) is 9.53 Å². The molecule has 0 fully saturated rings. The topological polar surface area (TPSA) is 38.7 Å². The molecule has 0 aromatic heterocycles. The number of carbonyl (C=O) groups excluding carboxylic acids is 1. The minimum Gasteiger partial charge on any atom is -0.462 e. The summed E-state index contributed by atoms with van der Waals surface area (Å²) in [6, 6.07) is 0. The zero-order valence-corrected chi connectivity index (χ0v) is 7.08. The van der Waals surface area contributed by atoms with Crippen molar-refractivity contribution in [2.24, 2.45) is 4.99 Å². The second-order valence-electron chi connectivity index (χ2n) is 2.67. The third-order valence-electron chi connectivity index (χ3n) is 1.76. The molecule has 0 saturated carbocycles. The van der Waals surface area contributed by atoms with E-state index in [4.69, 9.17) is 4.74 Å². The molecule has 0 aromatic rings. The average Bonchev–Trinajstić information content (AvgIpc) is 2.57. The van der Waals surface area contributed by atoms with Gasteiger partial charge in [-0.05, 0) is 12.8 Å². The van der Waals surface area contributed by atoms with Crippen LogP contribution in [0.1, 0.15) is 19.3 Å². The number of esters is 1. The number of ether oxygens (including phenoxy) is 1. The Morgan fingerprint density at radius 3 is 3.17 bits per heavy atom. The fraction of sp³-hybridized carbons (Fsp3) is 0.556. The highest BCUT2D eigenvalue weighted by Gasteiger charge is 2.06. The van der Waals surface area contributed by atoms with Crippen LogP contribution in [0.4, 0.5) is 0 Å². The Bertz CT molecular complexity index is 209. The number of hydrogen-bond donors (Lipinski definition) is 0. The standard InChI is InChI=1S/C9H13NO2/c1-2-9(11)12-7-5-8-4-3-6-10-8/h2H,1,3-7H2. The van der Waals surface area contributed by atoms with Crippen LogP contribution in [0.2, 0.25) is 0 Å². The summed E-state index contributed by atoms with van der Waals surface area (Å²) in [4.78, 5) is 14.9. The van der Waals surface area contributed by atoms with E-state index in [2.05, 4.69) is 11.6 Å². The van der Waals surface area contributed by atoms with E-state index in [1.807, 2.05) is 0 Å². The van der Waals surface area contributed by atoms with Crippen LogP contribution in [0.25, 0.3) is 0 Å². The Balaban J connectivity index is 2.09. The molecule has 3 nitrogen and oxygen atoms in total. The van der Waals surface area contributed by atoms with E-state index in [0.29, 0.717) is 6.61 Å². The van der Waals surface area contributed by atoms with E-state index in [-0.39, 0.29) is 5.97 Å². The summed E-state index contributed by atoms with van der Waals surface area (Å²) in [6.07, 6.45) is 4.16. The van der Waals surface area contributed by atoms with Crippen molar-refractivity contribution in [2.45, 2.75) is 19.3 Å². The number of rotatable bonds is 4. The third-order valence-corrected chi connectivity index (χ3v) is 1.76. The minimum atomic E-state index is -0.353. The van der Waals surface area contributed by atoms with E-state index in [9.17, 15) is 4.79 Å². The highest BCUT2D eigenvalue weighted by Crippen LogP contribution is 2.06. The number of hydrogen-bond acceptors (Lipinski definition) is 3. The summed E-state index contributed by atoms with van der Waals surface area (Å²) in [5.74, 6) is -0.353. The lowest BCUT2D eigenvalue weighted by Gasteiger charge is -2.00. The maximum Gasteiger partial charge on any atom is 0.330 e. The molecule has 3 heteroatoms. The van der Waals surface area contributed by atoms with Crippen molar-refractivity contribution in [3.8, 4) is 0 Å². The Kier molecular flexibility index (Phi) is 3.51. The van der Waals surface area contributed by atoms with Crippen molar-refractivity contribution in [3.05, 3.63) is 12.7 Å². The summed E-state index contributed by atoms with van der Waals surface area (Å²) in [6.45, 7) is 4.68. The fourth-order valence-electron chi connectivity index (χ4n) is 1.13. The predicted molar refractivity (Wildman–Crippen MR) is 47.3 cm³/mol. The third kappa shape index (κ3) is 2.86. The SMILES string of the molecule is C=CC(=O)OCCC1=NCCC1. The van der Waals surface area contributed by atoms with Gasteiger partial charge in [0.15, 0.2) is 0 Å². The Hall–Kier alpha value is -1.12. The molecule has 66 valence electrons. The van der Waals surface area contributed by atoms with Crippen LogP contribution in [0, 0.1) is 0 Å². The van der Waals surface area contributed by atoms with Gasteiger partial charge in [0.2, 0.25) is 0 Å². The van der Waals surface area contributed by atoms with Gasteiger partial charge in [-0.25, -0.2) is 4.79 Å². The second-order valence-corrected chi connectivity index (χ2v) is 2.67. The van der Waals surface area contributed by atoms with Crippen molar-refractivity contribution < 1.29 is 9.53 Å².